The highest BCUT2D eigenvalue weighted by Gasteiger charge is 2.14. The van der Waals surface area contributed by atoms with Crippen LogP contribution in [-0.2, 0) is 4.79 Å². The molecule has 4 aromatic rings. The number of halogens is 1. The number of anilines is 1. The fourth-order valence-corrected chi connectivity index (χ4v) is 3.82. The third-order valence-electron chi connectivity index (χ3n) is 4.08. The Morgan fingerprint density at radius 2 is 1.79 bits per heavy atom. The first-order valence-corrected chi connectivity index (χ1v) is 10.1. The fourth-order valence-electron chi connectivity index (χ4n) is 2.76. The second-order valence-corrected chi connectivity index (χ2v) is 7.84. The maximum absolute atomic E-state index is 11.2. The van der Waals surface area contributed by atoms with Crippen molar-refractivity contribution in [2.45, 2.75) is 16.7 Å². The van der Waals surface area contributed by atoms with Crippen LogP contribution < -0.4 is 5.32 Å². The number of amides is 1. The van der Waals surface area contributed by atoms with Gasteiger partial charge in [0.1, 0.15) is 11.5 Å². The summed E-state index contributed by atoms with van der Waals surface area (Å²) < 4.78 is 1.86. The van der Waals surface area contributed by atoms with E-state index in [9.17, 15) is 4.79 Å². The molecule has 144 valence electrons. The monoisotopic (exact) mass is 420 g/mol. The molecule has 0 fully saturated rings. The van der Waals surface area contributed by atoms with Gasteiger partial charge in [-0.25, -0.2) is 9.67 Å². The molecular weight excluding hydrogens is 404 g/mol. The number of pyridine rings is 1. The molecule has 1 amide bonds. The molecule has 4 rings (SSSR count). The Morgan fingerprint density at radius 3 is 2.45 bits per heavy atom. The first kappa shape index (κ1) is 19.2. The van der Waals surface area contributed by atoms with E-state index < -0.39 is 0 Å². The van der Waals surface area contributed by atoms with Gasteiger partial charge in [-0.05, 0) is 48.5 Å². The van der Waals surface area contributed by atoms with Gasteiger partial charge in [-0.1, -0.05) is 41.6 Å². The summed E-state index contributed by atoms with van der Waals surface area (Å²) in [6, 6.07) is 21.3. The topological polar surface area (TPSA) is 59.8 Å². The van der Waals surface area contributed by atoms with Crippen LogP contribution >= 0.6 is 23.4 Å². The van der Waals surface area contributed by atoms with Gasteiger partial charge in [-0.3, -0.25) is 4.79 Å². The van der Waals surface area contributed by atoms with E-state index in [2.05, 4.69) is 10.3 Å². The molecule has 2 heterocycles. The van der Waals surface area contributed by atoms with E-state index in [1.807, 2.05) is 71.5 Å². The van der Waals surface area contributed by atoms with Crippen molar-refractivity contribution in [2.24, 2.45) is 0 Å². The molecule has 0 saturated carbocycles. The van der Waals surface area contributed by atoms with Crippen LogP contribution in [0, 0.1) is 0 Å². The van der Waals surface area contributed by atoms with Crippen molar-refractivity contribution < 1.29 is 4.79 Å². The number of rotatable bonds is 5. The average Bonchev–Trinajstić information content (AvgIpc) is 3.14. The van der Waals surface area contributed by atoms with Crippen LogP contribution in [0.25, 0.3) is 16.9 Å². The first-order chi connectivity index (χ1) is 14.1. The lowest BCUT2D eigenvalue weighted by Crippen LogP contribution is -2.07. The van der Waals surface area contributed by atoms with Crippen LogP contribution in [0.3, 0.4) is 0 Å². The Balaban J connectivity index is 1.73. The van der Waals surface area contributed by atoms with Crippen LogP contribution in [-0.4, -0.2) is 20.7 Å². The van der Waals surface area contributed by atoms with Gasteiger partial charge in [0, 0.05) is 34.8 Å². The van der Waals surface area contributed by atoms with E-state index in [0.29, 0.717) is 10.8 Å². The summed E-state index contributed by atoms with van der Waals surface area (Å²) in [5.41, 5.74) is 2.65. The van der Waals surface area contributed by atoms with Gasteiger partial charge >= 0.3 is 0 Å². The van der Waals surface area contributed by atoms with Crippen LogP contribution in [0.2, 0.25) is 5.02 Å². The minimum absolute atomic E-state index is 0.155. The Hall–Kier alpha value is -3.09. The minimum atomic E-state index is -0.155. The number of aromatic nitrogens is 3. The molecule has 2 aromatic carbocycles. The normalized spacial score (nSPS) is 10.7. The van der Waals surface area contributed by atoms with Crippen molar-refractivity contribution in [3.05, 3.63) is 84.1 Å². The molecule has 0 spiro atoms. The summed E-state index contributed by atoms with van der Waals surface area (Å²) in [5.74, 6) is 0.355. The van der Waals surface area contributed by atoms with E-state index >= 15 is 0 Å². The standard InChI is InChI=1S/C22H17ClN4OS/c1-15(28)25-21-12-7-16(13-24-21)22-20(29-19-10-8-17(23)9-11-19)14-27(26-22)18-5-3-2-4-6-18/h2-14H,1H3,(H,24,25,28). The number of nitrogens with one attached hydrogen (secondary N) is 1. The third kappa shape index (κ3) is 4.67. The number of para-hydroxylation sites is 1. The number of nitrogens with zero attached hydrogens (tertiary/aromatic N) is 3. The maximum Gasteiger partial charge on any atom is 0.222 e. The van der Waals surface area contributed by atoms with Crippen molar-refractivity contribution in [3.63, 3.8) is 0 Å². The zero-order chi connectivity index (χ0) is 20.2. The summed E-state index contributed by atoms with van der Waals surface area (Å²) in [6.45, 7) is 1.46. The van der Waals surface area contributed by atoms with Crippen molar-refractivity contribution >= 4 is 35.1 Å². The highest BCUT2D eigenvalue weighted by Crippen LogP contribution is 2.36. The zero-order valence-corrected chi connectivity index (χ0v) is 17.1. The Morgan fingerprint density at radius 1 is 1.03 bits per heavy atom. The lowest BCUT2D eigenvalue weighted by atomic mass is 10.2. The predicted octanol–water partition coefficient (Wildman–Crippen LogP) is 5.70. The smallest absolute Gasteiger partial charge is 0.222 e. The molecule has 5 nitrogen and oxygen atoms in total. The number of benzene rings is 2. The molecule has 0 saturated heterocycles. The predicted molar refractivity (Wildman–Crippen MR) is 117 cm³/mol. The van der Waals surface area contributed by atoms with Gasteiger partial charge < -0.3 is 5.32 Å². The molecule has 7 heteroatoms. The molecule has 0 unspecified atom stereocenters. The molecule has 0 atom stereocenters. The van der Waals surface area contributed by atoms with Gasteiger partial charge in [0.05, 0.1) is 10.6 Å². The molecular formula is C22H17ClN4OS. The van der Waals surface area contributed by atoms with Crippen LogP contribution in [0.15, 0.2) is 88.9 Å². The molecule has 1 N–H and O–H groups in total. The Labute approximate surface area is 177 Å². The largest absolute Gasteiger partial charge is 0.311 e. The van der Waals surface area contributed by atoms with Gasteiger partial charge in [-0.2, -0.15) is 5.10 Å². The molecule has 0 aliphatic heterocycles. The highest BCUT2D eigenvalue weighted by molar-refractivity contribution is 7.99. The van der Waals surface area contributed by atoms with Crippen molar-refractivity contribution in [3.8, 4) is 16.9 Å². The quantitative estimate of drug-likeness (QED) is 0.450. The Bertz CT molecular complexity index is 1130. The van der Waals surface area contributed by atoms with Gasteiger partial charge in [-0.15, -0.1) is 0 Å². The van der Waals surface area contributed by atoms with E-state index in [1.54, 1.807) is 24.0 Å². The molecule has 0 aliphatic rings. The van der Waals surface area contributed by atoms with Crippen molar-refractivity contribution in [1.82, 2.24) is 14.8 Å². The third-order valence-corrected chi connectivity index (χ3v) is 5.36. The summed E-state index contributed by atoms with van der Waals surface area (Å²) in [4.78, 5) is 17.6. The summed E-state index contributed by atoms with van der Waals surface area (Å²) in [6.07, 6.45) is 3.72. The van der Waals surface area contributed by atoms with E-state index in [1.165, 1.54) is 6.92 Å². The second kappa shape index (κ2) is 8.51. The number of carbonyl (C=O) groups excluding carboxylic acids is 1. The highest BCUT2D eigenvalue weighted by atomic mass is 35.5. The van der Waals surface area contributed by atoms with E-state index in [-0.39, 0.29) is 5.91 Å². The second-order valence-electron chi connectivity index (χ2n) is 6.29. The fraction of sp³-hybridized carbons (Fsp3) is 0.0455. The zero-order valence-electron chi connectivity index (χ0n) is 15.5. The lowest BCUT2D eigenvalue weighted by Gasteiger charge is -2.04. The van der Waals surface area contributed by atoms with Gasteiger partial charge in [0.2, 0.25) is 5.91 Å². The minimum Gasteiger partial charge on any atom is -0.311 e. The summed E-state index contributed by atoms with van der Waals surface area (Å²) >= 11 is 7.62. The Kier molecular flexibility index (Phi) is 5.64. The first-order valence-electron chi connectivity index (χ1n) is 8.91. The number of hydrogen-bond acceptors (Lipinski definition) is 4. The maximum atomic E-state index is 11.2. The molecule has 0 radical (unpaired) electrons. The number of carbonyl (C=O) groups is 1. The number of hydrogen-bond donors (Lipinski definition) is 1. The average molecular weight is 421 g/mol. The SMILES string of the molecule is CC(=O)Nc1ccc(-c2nn(-c3ccccc3)cc2Sc2ccc(Cl)cc2)cn1. The molecule has 2 aromatic heterocycles. The molecule has 29 heavy (non-hydrogen) atoms. The van der Waals surface area contributed by atoms with Gasteiger partial charge in [0.25, 0.3) is 0 Å². The summed E-state index contributed by atoms with van der Waals surface area (Å²) in [5, 5.41) is 8.18. The van der Waals surface area contributed by atoms with E-state index in [0.717, 1.165) is 26.7 Å². The van der Waals surface area contributed by atoms with Crippen molar-refractivity contribution in [1.29, 1.82) is 0 Å². The van der Waals surface area contributed by atoms with Crippen LogP contribution in [0.1, 0.15) is 6.92 Å². The molecule has 0 aliphatic carbocycles. The van der Waals surface area contributed by atoms with Crippen LogP contribution in [0.4, 0.5) is 5.82 Å². The van der Waals surface area contributed by atoms with Gasteiger partial charge in [0.15, 0.2) is 0 Å². The van der Waals surface area contributed by atoms with E-state index in [4.69, 9.17) is 16.7 Å². The van der Waals surface area contributed by atoms with Crippen LogP contribution in [0.5, 0.6) is 0 Å². The molecule has 0 bridgehead atoms. The lowest BCUT2D eigenvalue weighted by molar-refractivity contribution is -0.114. The van der Waals surface area contributed by atoms with Crippen molar-refractivity contribution in [2.75, 3.05) is 5.32 Å². The summed E-state index contributed by atoms with van der Waals surface area (Å²) in [7, 11) is 0.